The fourth-order valence-corrected chi connectivity index (χ4v) is 2.12. The molecule has 0 aliphatic heterocycles. The molecule has 22 heavy (non-hydrogen) atoms. The van der Waals surface area contributed by atoms with Crippen LogP contribution >= 0.6 is 0 Å². The molecule has 1 amide bonds. The number of aryl methyl sites for hydroxylation is 1. The van der Waals surface area contributed by atoms with E-state index < -0.39 is 0 Å². The van der Waals surface area contributed by atoms with Crippen molar-refractivity contribution in [3.8, 4) is 0 Å². The number of carbonyl (C=O) groups excluding carboxylic acids is 1. The maximum atomic E-state index is 12.9. The van der Waals surface area contributed by atoms with E-state index in [1.807, 2.05) is 0 Å². The molecule has 2 rings (SSSR count). The minimum absolute atomic E-state index is 0.0659. The highest BCUT2D eigenvalue weighted by atomic mass is 19.1. The summed E-state index contributed by atoms with van der Waals surface area (Å²) >= 11 is 0. The third kappa shape index (κ3) is 4.91. The Balaban J connectivity index is 1.92. The number of halogens is 1. The normalized spacial score (nSPS) is 10.5. The van der Waals surface area contributed by atoms with Gasteiger partial charge in [-0.2, -0.15) is 0 Å². The number of hydrogen-bond acceptors (Lipinski definition) is 3. The van der Waals surface area contributed by atoms with Gasteiger partial charge >= 0.3 is 0 Å². The molecule has 0 saturated heterocycles. The summed E-state index contributed by atoms with van der Waals surface area (Å²) in [7, 11) is 1.79. The number of amides is 1. The van der Waals surface area contributed by atoms with Crippen molar-refractivity contribution in [2.75, 3.05) is 13.6 Å². The van der Waals surface area contributed by atoms with Crippen LogP contribution < -0.4 is 0 Å². The highest BCUT2D eigenvalue weighted by Gasteiger charge is 2.04. The molecule has 0 atom stereocenters. The van der Waals surface area contributed by atoms with Crippen LogP contribution in [0, 0.1) is 5.82 Å². The highest BCUT2D eigenvalue weighted by Crippen LogP contribution is 2.09. The summed E-state index contributed by atoms with van der Waals surface area (Å²) in [5, 5.41) is 0. The molecule has 1 heterocycles. The van der Waals surface area contributed by atoms with E-state index >= 15 is 0 Å². The molecule has 0 radical (unpaired) electrons. The molecule has 2 aromatic rings. The second-order valence-electron chi connectivity index (χ2n) is 5.35. The molecule has 4 nitrogen and oxygen atoms in total. The van der Waals surface area contributed by atoms with Gasteiger partial charge in [-0.25, -0.2) is 4.39 Å². The largest absolute Gasteiger partial charge is 0.346 e. The number of benzene rings is 1. The van der Waals surface area contributed by atoms with E-state index in [4.69, 9.17) is 0 Å². The second kappa shape index (κ2) is 7.64. The monoisotopic (exact) mass is 301 g/mol. The molecule has 0 N–H and O–H groups in total. The van der Waals surface area contributed by atoms with Gasteiger partial charge in [0, 0.05) is 39.3 Å². The van der Waals surface area contributed by atoms with Crippen LogP contribution in [0.5, 0.6) is 0 Å². The van der Waals surface area contributed by atoms with Gasteiger partial charge in [-0.15, -0.1) is 0 Å². The zero-order chi connectivity index (χ0) is 15.9. The lowest BCUT2D eigenvalue weighted by Gasteiger charge is -2.14. The van der Waals surface area contributed by atoms with E-state index in [9.17, 15) is 9.18 Å². The summed E-state index contributed by atoms with van der Waals surface area (Å²) in [5.74, 6) is -0.172. The van der Waals surface area contributed by atoms with Crippen molar-refractivity contribution in [2.45, 2.75) is 26.2 Å². The Morgan fingerprint density at radius 1 is 1.18 bits per heavy atom. The summed E-state index contributed by atoms with van der Waals surface area (Å²) in [6.45, 7) is 2.27. The molecule has 1 aromatic heterocycles. The van der Waals surface area contributed by atoms with Crippen LogP contribution in [-0.2, 0) is 17.6 Å². The molecule has 0 unspecified atom stereocenters. The van der Waals surface area contributed by atoms with Crippen LogP contribution in [0.4, 0.5) is 4.39 Å². The highest BCUT2D eigenvalue weighted by molar-refractivity contribution is 5.72. The van der Waals surface area contributed by atoms with Crippen molar-refractivity contribution >= 4 is 5.91 Å². The minimum Gasteiger partial charge on any atom is -0.346 e. The quantitative estimate of drug-likeness (QED) is 0.824. The smallest absolute Gasteiger partial charge is 0.219 e. The van der Waals surface area contributed by atoms with E-state index in [0.717, 1.165) is 29.8 Å². The van der Waals surface area contributed by atoms with Crippen molar-refractivity contribution in [1.82, 2.24) is 14.9 Å². The van der Waals surface area contributed by atoms with Gasteiger partial charge in [0.25, 0.3) is 0 Å². The maximum absolute atomic E-state index is 12.9. The van der Waals surface area contributed by atoms with Crippen LogP contribution in [0.15, 0.2) is 36.7 Å². The third-order valence-electron chi connectivity index (χ3n) is 3.50. The molecule has 0 saturated carbocycles. The average molecular weight is 301 g/mol. The van der Waals surface area contributed by atoms with E-state index in [1.54, 1.807) is 43.4 Å². The number of hydrogen-bond donors (Lipinski definition) is 0. The van der Waals surface area contributed by atoms with Gasteiger partial charge in [-0.05, 0) is 30.5 Å². The molecule has 0 aliphatic carbocycles. The Kier molecular flexibility index (Phi) is 5.58. The Labute approximate surface area is 130 Å². The Hall–Kier alpha value is -2.30. The van der Waals surface area contributed by atoms with E-state index in [1.165, 1.54) is 12.1 Å². The van der Waals surface area contributed by atoms with Crippen molar-refractivity contribution in [3.05, 3.63) is 59.4 Å². The van der Waals surface area contributed by atoms with Crippen molar-refractivity contribution in [1.29, 1.82) is 0 Å². The minimum atomic E-state index is -0.238. The Morgan fingerprint density at radius 2 is 1.86 bits per heavy atom. The van der Waals surface area contributed by atoms with Gasteiger partial charge in [-0.1, -0.05) is 12.1 Å². The summed E-state index contributed by atoms with van der Waals surface area (Å²) in [5.41, 5.74) is 2.78. The number of carbonyl (C=O) groups is 1. The first-order chi connectivity index (χ1) is 10.5. The predicted molar refractivity (Wildman–Crippen MR) is 82.9 cm³/mol. The lowest BCUT2D eigenvalue weighted by molar-refractivity contribution is -0.127. The summed E-state index contributed by atoms with van der Waals surface area (Å²) in [4.78, 5) is 21.6. The standard InChI is InChI=1S/C17H20FN3O/c1-13(22)21(2)9-3-4-16-11-19-12-17(20-16)10-14-5-7-15(18)8-6-14/h5-8,11-12H,3-4,9-10H2,1-2H3. The fourth-order valence-electron chi connectivity index (χ4n) is 2.12. The first-order valence-electron chi connectivity index (χ1n) is 7.30. The van der Waals surface area contributed by atoms with Crippen molar-refractivity contribution < 1.29 is 9.18 Å². The molecule has 0 bridgehead atoms. The topological polar surface area (TPSA) is 46.1 Å². The first-order valence-corrected chi connectivity index (χ1v) is 7.30. The SMILES string of the molecule is CC(=O)N(C)CCCc1cncc(Cc2ccc(F)cc2)n1. The van der Waals surface area contributed by atoms with Gasteiger partial charge in [0.15, 0.2) is 0 Å². The molecular formula is C17H20FN3O. The summed E-state index contributed by atoms with van der Waals surface area (Å²) < 4.78 is 12.9. The average Bonchev–Trinajstić information content (AvgIpc) is 2.50. The lowest BCUT2D eigenvalue weighted by Crippen LogP contribution is -2.25. The molecule has 1 aromatic carbocycles. The number of rotatable bonds is 6. The maximum Gasteiger partial charge on any atom is 0.219 e. The molecule has 0 fully saturated rings. The Morgan fingerprint density at radius 3 is 2.55 bits per heavy atom. The Bertz CT molecular complexity index is 628. The number of nitrogens with zero attached hydrogens (tertiary/aromatic N) is 3. The van der Waals surface area contributed by atoms with Gasteiger partial charge in [-0.3, -0.25) is 14.8 Å². The van der Waals surface area contributed by atoms with Crippen LogP contribution in [0.2, 0.25) is 0 Å². The van der Waals surface area contributed by atoms with Crippen LogP contribution in [0.3, 0.4) is 0 Å². The molecule has 116 valence electrons. The van der Waals surface area contributed by atoms with E-state index in [-0.39, 0.29) is 11.7 Å². The second-order valence-corrected chi connectivity index (χ2v) is 5.35. The molecule has 0 aliphatic rings. The first kappa shape index (κ1) is 16.1. The van der Waals surface area contributed by atoms with Crippen molar-refractivity contribution in [2.24, 2.45) is 0 Å². The van der Waals surface area contributed by atoms with Gasteiger partial charge < -0.3 is 4.90 Å². The van der Waals surface area contributed by atoms with Gasteiger partial charge in [0.2, 0.25) is 5.91 Å². The molecule has 5 heteroatoms. The van der Waals surface area contributed by atoms with E-state index in [2.05, 4.69) is 9.97 Å². The number of aromatic nitrogens is 2. The van der Waals surface area contributed by atoms with Gasteiger partial charge in [0.1, 0.15) is 5.82 Å². The predicted octanol–water partition coefficient (Wildman–Crippen LogP) is 2.62. The van der Waals surface area contributed by atoms with Crippen LogP contribution in [-0.4, -0.2) is 34.4 Å². The zero-order valence-electron chi connectivity index (χ0n) is 12.9. The van der Waals surface area contributed by atoms with Crippen LogP contribution in [0.1, 0.15) is 30.3 Å². The van der Waals surface area contributed by atoms with Crippen molar-refractivity contribution in [3.63, 3.8) is 0 Å². The van der Waals surface area contributed by atoms with E-state index in [0.29, 0.717) is 13.0 Å². The molecular weight excluding hydrogens is 281 g/mol. The van der Waals surface area contributed by atoms with Crippen LogP contribution in [0.25, 0.3) is 0 Å². The summed E-state index contributed by atoms with van der Waals surface area (Å²) in [6.07, 6.45) is 5.75. The zero-order valence-corrected chi connectivity index (χ0v) is 12.9. The lowest BCUT2D eigenvalue weighted by atomic mass is 10.1. The molecule has 0 spiro atoms. The fraction of sp³-hybridized carbons (Fsp3) is 0.353. The summed E-state index contributed by atoms with van der Waals surface area (Å²) in [6, 6.07) is 6.41. The third-order valence-corrected chi connectivity index (χ3v) is 3.50. The van der Waals surface area contributed by atoms with Gasteiger partial charge in [0.05, 0.1) is 11.4 Å².